The minimum absolute atomic E-state index is 0.871. The van der Waals surface area contributed by atoms with Crippen LogP contribution in [0.4, 0.5) is 0 Å². The third-order valence-electron chi connectivity index (χ3n) is 3.95. The van der Waals surface area contributed by atoms with Gasteiger partial charge in [0.05, 0.1) is 12.2 Å². The molecule has 2 rings (SSSR count). The molecule has 0 aliphatic rings. The highest BCUT2D eigenvalue weighted by Gasteiger charge is 2.15. The maximum Gasteiger partial charge on any atom is 0.122 e. The highest BCUT2D eigenvalue weighted by atomic mass is 15.3. The lowest BCUT2D eigenvalue weighted by molar-refractivity contribution is 0.260. The summed E-state index contributed by atoms with van der Waals surface area (Å²) in [5.41, 5.74) is 3.77. The number of aromatic nitrogens is 4. The molecular weight excluding hydrogens is 250 g/mol. The van der Waals surface area contributed by atoms with Gasteiger partial charge in [0, 0.05) is 43.8 Å². The Hall–Kier alpha value is -1.62. The maximum atomic E-state index is 4.60. The summed E-state index contributed by atoms with van der Waals surface area (Å²) >= 11 is 0. The van der Waals surface area contributed by atoms with Crippen LogP contribution in [-0.2, 0) is 26.7 Å². The second-order valence-corrected chi connectivity index (χ2v) is 5.22. The number of aryl methyl sites for hydroxylation is 3. The van der Waals surface area contributed by atoms with Gasteiger partial charge in [-0.15, -0.1) is 0 Å². The van der Waals surface area contributed by atoms with E-state index in [1.165, 1.54) is 11.3 Å². The van der Waals surface area contributed by atoms with Crippen molar-refractivity contribution in [2.75, 3.05) is 6.54 Å². The molecule has 0 saturated heterocycles. The number of imidazole rings is 1. The fourth-order valence-electron chi connectivity index (χ4n) is 2.52. The van der Waals surface area contributed by atoms with Crippen LogP contribution in [0.3, 0.4) is 0 Å². The van der Waals surface area contributed by atoms with E-state index in [0.29, 0.717) is 0 Å². The van der Waals surface area contributed by atoms with Gasteiger partial charge in [-0.1, -0.05) is 6.92 Å². The largest absolute Gasteiger partial charge is 0.337 e. The molecule has 0 aliphatic heterocycles. The first-order chi connectivity index (χ1) is 9.56. The molecule has 5 heteroatoms. The summed E-state index contributed by atoms with van der Waals surface area (Å²) in [6.07, 6.45) is 3.85. The summed E-state index contributed by atoms with van der Waals surface area (Å²) in [5, 5.41) is 4.60. The van der Waals surface area contributed by atoms with Crippen molar-refractivity contribution in [3.63, 3.8) is 0 Å². The van der Waals surface area contributed by atoms with Gasteiger partial charge in [0.1, 0.15) is 5.82 Å². The van der Waals surface area contributed by atoms with Crippen molar-refractivity contribution in [3.8, 4) is 0 Å². The molecule has 0 radical (unpaired) electrons. The van der Waals surface area contributed by atoms with Crippen LogP contribution in [-0.4, -0.2) is 30.8 Å². The molecular formula is C15H25N5. The van der Waals surface area contributed by atoms with Gasteiger partial charge >= 0.3 is 0 Å². The zero-order valence-electron chi connectivity index (χ0n) is 13.2. The Bertz CT molecular complexity index is 567. The molecule has 2 aromatic heterocycles. The Balaban J connectivity index is 2.14. The van der Waals surface area contributed by atoms with E-state index in [0.717, 1.165) is 37.7 Å². The minimum atomic E-state index is 0.871. The van der Waals surface area contributed by atoms with Crippen molar-refractivity contribution in [2.45, 2.75) is 47.3 Å². The van der Waals surface area contributed by atoms with Gasteiger partial charge in [-0.2, -0.15) is 5.10 Å². The second kappa shape index (κ2) is 6.22. The molecule has 0 unspecified atom stereocenters. The normalized spacial score (nSPS) is 11.5. The monoisotopic (exact) mass is 275 g/mol. The average Bonchev–Trinajstić information content (AvgIpc) is 2.95. The van der Waals surface area contributed by atoms with E-state index < -0.39 is 0 Å². The molecule has 2 aromatic rings. The molecule has 5 nitrogen and oxygen atoms in total. The first-order valence-corrected chi connectivity index (χ1v) is 7.28. The highest BCUT2D eigenvalue weighted by molar-refractivity contribution is 5.24. The van der Waals surface area contributed by atoms with Gasteiger partial charge in [0.15, 0.2) is 0 Å². The van der Waals surface area contributed by atoms with Crippen LogP contribution in [0.1, 0.15) is 36.6 Å². The van der Waals surface area contributed by atoms with Crippen LogP contribution in [0.15, 0.2) is 12.4 Å². The standard InChI is InChI=1S/C15H25N5/c1-6-19(11-15-16-8-9-18(15)5)10-14-12(3)17-20(7-2)13(14)4/h8-9H,6-7,10-11H2,1-5H3. The van der Waals surface area contributed by atoms with Crippen molar-refractivity contribution in [1.82, 2.24) is 24.2 Å². The number of hydrogen-bond acceptors (Lipinski definition) is 3. The van der Waals surface area contributed by atoms with Gasteiger partial charge in [-0.05, 0) is 27.3 Å². The van der Waals surface area contributed by atoms with Gasteiger partial charge in [0.2, 0.25) is 0 Å². The predicted octanol–water partition coefficient (Wildman–Crippen LogP) is 2.28. The minimum Gasteiger partial charge on any atom is -0.337 e. The number of rotatable bonds is 6. The third kappa shape index (κ3) is 2.93. The van der Waals surface area contributed by atoms with E-state index in [2.05, 4.69) is 51.9 Å². The molecule has 110 valence electrons. The van der Waals surface area contributed by atoms with Crippen molar-refractivity contribution < 1.29 is 0 Å². The lowest BCUT2D eigenvalue weighted by atomic mass is 10.2. The molecule has 0 spiro atoms. The number of hydrogen-bond donors (Lipinski definition) is 0. The summed E-state index contributed by atoms with van der Waals surface area (Å²) in [6.45, 7) is 12.3. The molecule has 2 heterocycles. The maximum absolute atomic E-state index is 4.60. The topological polar surface area (TPSA) is 38.9 Å². The predicted molar refractivity (Wildman–Crippen MR) is 80.4 cm³/mol. The quantitative estimate of drug-likeness (QED) is 0.812. The molecule has 0 N–H and O–H groups in total. The van der Waals surface area contributed by atoms with Crippen LogP contribution in [0.25, 0.3) is 0 Å². The van der Waals surface area contributed by atoms with E-state index in [1.807, 2.05) is 19.4 Å². The van der Waals surface area contributed by atoms with E-state index in [4.69, 9.17) is 0 Å². The first kappa shape index (κ1) is 14.8. The number of nitrogens with zero attached hydrogens (tertiary/aromatic N) is 5. The Morgan fingerprint density at radius 3 is 2.45 bits per heavy atom. The van der Waals surface area contributed by atoms with Gasteiger partial charge in [-0.25, -0.2) is 4.98 Å². The van der Waals surface area contributed by atoms with Crippen LogP contribution >= 0.6 is 0 Å². The zero-order chi connectivity index (χ0) is 14.7. The van der Waals surface area contributed by atoms with E-state index in [1.54, 1.807) is 0 Å². The molecule has 0 fully saturated rings. The summed E-state index contributed by atoms with van der Waals surface area (Å²) in [7, 11) is 2.04. The molecule has 0 atom stereocenters. The fraction of sp³-hybridized carbons (Fsp3) is 0.600. The smallest absolute Gasteiger partial charge is 0.122 e. The van der Waals surface area contributed by atoms with Gasteiger partial charge < -0.3 is 4.57 Å². The van der Waals surface area contributed by atoms with Gasteiger partial charge in [-0.3, -0.25) is 9.58 Å². The lowest BCUT2D eigenvalue weighted by Gasteiger charge is -2.20. The highest BCUT2D eigenvalue weighted by Crippen LogP contribution is 2.16. The van der Waals surface area contributed by atoms with Crippen molar-refractivity contribution >= 4 is 0 Å². The molecule has 0 aromatic carbocycles. The van der Waals surface area contributed by atoms with Crippen molar-refractivity contribution in [2.24, 2.45) is 7.05 Å². The summed E-state index contributed by atoms with van der Waals surface area (Å²) < 4.78 is 4.16. The van der Waals surface area contributed by atoms with Gasteiger partial charge in [0.25, 0.3) is 0 Å². The average molecular weight is 275 g/mol. The molecule has 20 heavy (non-hydrogen) atoms. The zero-order valence-corrected chi connectivity index (χ0v) is 13.2. The Labute approximate surface area is 121 Å². The Morgan fingerprint density at radius 1 is 1.20 bits per heavy atom. The third-order valence-corrected chi connectivity index (χ3v) is 3.95. The van der Waals surface area contributed by atoms with E-state index in [9.17, 15) is 0 Å². The van der Waals surface area contributed by atoms with E-state index in [-0.39, 0.29) is 0 Å². The Morgan fingerprint density at radius 2 is 1.95 bits per heavy atom. The first-order valence-electron chi connectivity index (χ1n) is 7.28. The summed E-state index contributed by atoms with van der Waals surface area (Å²) in [5.74, 6) is 1.10. The summed E-state index contributed by atoms with van der Waals surface area (Å²) in [6, 6.07) is 0. The molecule has 0 amide bonds. The SMILES string of the molecule is CCN(Cc1c(C)nn(CC)c1C)Cc1nccn1C. The van der Waals surface area contributed by atoms with Crippen LogP contribution < -0.4 is 0 Å². The Kier molecular flexibility index (Phi) is 4.60. The fourth-order valence-corrected chi connectivity index (χ4v) is 2.52. The van der Waals surface area contributed by atoms with Crippen LogP contribution in [0.5, 0.6) is 0 Å². The summed E-state index contributed by atoms with van der Waals surface area (Å²) in [4.78, 5) is 6.81. The van der Waals surface area contributed by atoms with E-state index >= 15 is 0 Å². The van der Waals surface area contributed by atoms with Crippen LogP contribution in [0.2, 0.25) is 0 Å². The van der Waals surface area contributed by atoms with Crippen molar-refractivity contribution in [3.05, 3.63) is 35.2 Å². The van der Waals surface area contributed by atoms with Crippen molar-refractivity contribution in [1.29, 1.82) is 0 Å². The molecule has 0 bridgehead atoms. The molecule has 0 saturated carbocycles. The van der Waals surface area contributed by atoms with Crippen LogP contribution in [0, 0.1) is 13.8 Å². The lowest BCUT2D eigenvalue weighted by Crippen LogP contribution is -2.24. The second-order valence-electron chi connectivity index (χ2n) is 5.22. The molecule has 0 aliphatic carbocycles.